The molecule has 488 valence electrons. The van der Waals surface area contributed by atoms with E-state index in [0.29, 0.717) is 12.1 Å². The minimum Gasteiger partial charge on any atom is -0.487 e. The molecule has 0 unspecified atom stereocenters. The second-order valence-corrected chi connectivity index (χ2v) is 16.7. The fraction of sp³-hybridized carbons (Fsp3) is 0.641. The number of alkyl halides is 34. The van der Waals surface area contributed by atoms with Gasteiger partial charge in [-0.15, -0.1) is 0 Å². The lowest BCUT2D eigenvalue weighted by molar-refractivity contribution is -0.461. The molecular formula is C39H24F34N2O10. The van der Waals surface area contributed by atoms with E-state index in [4.69, 9.17) is 9.47 Å². The average Bonchev–Trinajstić information content (AvgIpc) is 1.01. The lowest BCUT2D eigenvalue weighted by Gasteiger charge is -2.42. The Kier molecular flexibility index (Phi) is 20.7. The van der Waals surface area contributed by atoms with Crippen molar-refractivity contribution < 1.29 is 188 Å². The summed E-state index contributed by atoms with van der Waals surface area (Å²) in [5.74, 6) is -123. The highest BCUT2D eigenvalue weighted by Crippen LogP contribution is 2.66. The van der Waals surface area contributed by atoms with Crippen LogP contribution < -0.4 is 9.47 Å². The standard InChI is InChI=1S/C39H24F34N2O10/c40-24(41,26(44,45)28(48,49)30(52,53)32(56,57)34(60,61)36(64,65)38(68,69)70)8-12-82-20-6-4-16(14-18(20)74(78)79)22(76)84-10-2-1-3-11-85-23(77)17-5-7-21(19(15-17)75(80)81)83-13-9-25(42,43)27(46,47)29(50,51)31(54,55)33(58,59)35(62,63)37(66,67)39(71,72)73/h4-7,14-15H,1-3,8-13H2. The van der Waals surface area contributed by atoms with Crippen molar-refractivity contribution in [1.82, 2.24) is 0 Å². The molecule has 0 spiro atoms. The Hall–Kier alpha value is -6.60. The van der Waals surface area contributed by atoms with Gasteiger partial charge in [0.2, 0.25) is 0 Å². The third kappa shape index (κ3) is 12.8. The molecule has 2 aromatic carbocycles. The quantitative estimate of drug-likeness (QED) is 0.0242. The van der Waals surface area contributed by atoms with Crippen LogP contribution in [-0.4, -0.2) is 143 Å². The molecule has 0 amide bonds. The van der Waals surface area contributed by atoms with Crippen LogP contribution in [0.25, 0.3) is 0 Å². The molecular weight excluding hydrogens is 1300 g/mol. The Balaban J connectivity index is 2.06. The van der Waals surface area contributed by atoms with Crippen LogP contribution in [-0.2, 0) is 9.47 Å². The van der Waals surface area contributed by atoms with E-state index in [-0.39, 0.29) is 43.5 Å². The van der Waals surface area contributed by atoms with Crippen molar-refractivity contribution in [3.05, 3.63) is 67.8 Å². The van der Waals surface area contributed by atoms with Gasteiger partial charge in [-0.25, -0.2) is 9.59 Å². The predicted octanol–water partition coefficient (Wildman–Crippen LogP) is 15.2. The van der Waals surface area contributed by atoms with Crippen LogP contribution in [0.2, 0.25) is 0 Å². The lowest BCUT2D eigenvalue weighted by Crippen LogP contribution is -2.74. The van der Waals surface area contributed by atoms with Crippen LogP contribution in [0.15, 0.2) is 36.4 Å². The van der Waals surface area contributed by atoms with Crippen LogP contribution in [0, 0.1) is 20.2 Å². The smallest absolute Gasteiger partial charge is 0.460 e. The van der Waals surface area contributed by atoms with Crippen molar-refractivity contribution in [2.24, 2.45) is 0 Å². The summed E-state index contributed by atoms with van der Waals surface area (Å²) in [5, 5.41) is 23.0. The molecule has 0 aliphatic heterocycles. The molecule has 0 aliphatic rings. The average molecular weight is 1330 g/mol. The number of unbranched alkanes of at least 4 members (excludes halogenated alkanes) is 2. The van der Waals surface area contributed by atoms with Gasteiger partial charge < -0.3 is 18.9 Å². The van der Waals surface area contributed by atoms with Crippen molar-refractivity contribution >= 4 is 23.3 Å². The molecule has 0 fully saturated rings. The van der Waals surface area contributed by atoms with E-state index in [1.807, 2.05) is 0 Å². The molecule has 0 saturated carbocycles. The van der Waals surface area contributed by atoms with Gasteiger partial charge in [0, 0.05) is 12.1 Å². The maximum Gasteiger partial charge on any atom is 0.460 e. The number of ether oxygens (including phenoxy) is 4. The van der Waals surface area contributed by atoms with Crippen molar-refractivity contribution in [3.63, 3.8) is 0 Å². The molecule has 0 saturated heterocycles. The van der Waals surface area contributed by atoms with Gasteiger partial charge >= 0.3 is 119 Å². The molecule has 0 atom stereocenters. The van der Waals surface area contributed by atoms with Crippen LogP contribution in [0.3, 0.4) is 0 Å². The minimum atomic E-state index is -8.90. The van der Waals surface area contributed by atoms with Crippen molar-refractivity contribution in [2.75, 3.05) is 26.4 Å². The molecule has 2 aromatic rings. The third-order valence-corrected chi connectivity index (χ3v) is 11.0. The fourth-order valence-corrected chi connectivity index (χ4v) is 5.98. The first kappa shape index (κ1) is 74.5. The number of hydrogen-bond donors (Lipinski definition) is 0. The number of nitro groups is 2. The first-order valence-corrected chi connectivity index (χ1v) is 21.2. The van der Waals surface area contributed by atoms with Gasteiger partial charge in [0.05, 0.1) is 60.2 Å². The van der Waals surface area contributed by atoms with E-state index in [9.17, 15) is 179 Å². The second-order valence-electron chi connectivity index (χ2n) is 16.7. The molecule has 0 heterocycles. The highest BCUT2D eigenvalue weighted by Gasteiger charge is 2.97. The van der Waals surface area contributed by atoms with Crippen LogP contribution >= 0.6 is 0 Å². The zero-order valence-electron chi connectivity index (χ0n) is 39.7. The van der Waals surface area contributed by atoms with Gasteiger partial charge in [-0.05, 0) is 43.5 Å². The Morgan fingerprint density at radius 1 is 0.341 bits per heavy atom. The maximum atomic E-state index is 14.3. The third-order valence-electron chi connectivity index (χ3n) is 11.0. The SMILES string of the molecule is O=C(OCCCCCOC(=O)c1ccc(OCCC(F)(F)C(F)(F)C(F)(F)C(F)(F)C(F)(F)C(F)(F)C(F)(F)C(F)(F)F)c([N+](=O)[O-])c1)c1ccc(OCCC(F)(F)C(F)(F)C(F)(F)C(F)(F)C(F)(F)C(F)(F)C(F)(F)C(F)(F)F)c([N+](=O)[O-])c1. The van der Waals surface area contributed by atoms with Crippen LogP contribution in [0.5, 0.6) is 11.5 Å². The first-order valence-electron chi connectivity index (χ1n) is 21.2. The molecule has 0 aliphatic carbocycles. The summed E-state index contributed by atoms with van der Waals surface area (Å²) >= 11 is 0. The van der Waals surface area contributed by atoms with E-state index < -0.39 is 190 Å². The Morgan fingerprint density at radius 3 is 0.812 bits per heavy atom. The molecule has 85 heavy (non-hydrogen) atoms. The molecule has 2 rings (SSSR count). The molecule has 0 N–H and O–H groups in total. The van der Waals surface area contributed by atoms with Crippen molar-refractivity contribution in [3.8, 4) is 11.5 Å². The number of carbonyl (C=O) groups excluding carboxylic acids is 2. The number of halogens is 34. The van der Waals surface area contributed by atoms with Crippen LogP contribution in [0.4, 0.5) is 161 Å². The van der Waals surface area contributed by atoms with Crippen molar-refractivity contribution in [2.45, 2.75) is 127 Å². The number of esters is 2. The topological polar surface area (TPSA) is 157 Å². The van der Waals surface area contributed by atoms with E-state index >= 15 is 0 Å². The summed E-state index contributed by atoms with van der Waals surface area (Å²) in [6.45, 7) is -5.96. The summed E-state index contributed by atoms with van der Waals surface area (Å²) < 4.78 is 478. The lowest BCUT2D eigenvalue weighted by atomic mass is 9.88. The van der Waals surface area contributed by atoms with Crippen LogP contribution in [0.1, 0.15) is 52.8 Å². The van der Waals surface area contributed by atoms with Gasteiger partial charge in [-0.2, -0.15) is 149 Å². The summed E-state index contributed by atoms with van der Waals surface area (Å²) in [5.41, 5.74) is -4.81. The summed E-state index contributed by atoms with van der Waals surface area (Å²) in [4.78, 5) is 44.7. The first-order chi connectivity index (χ1) is 37.6. The van der Waals surface area contributed by atoms with Gasteiger partial charge in [0.25, 0.3) is 0 Å². The largest absolute Gasteiger partial charge is 0.487 e. The highest BCUT2D eigenvalue weighted by molar-refractivity contribution is 5.91. The van der Waals surface area contributed by atoms with Gasteiger partial charge in [0.15, 0.2) is 11.5 Å². The Bertz CT molecular complexity index is 2560. The van der Waals surface area contributed by atoms with E-state index in [1.54, 1.807) is 0 Å². The van der Waals surface area contributed by atoms with E-state index in [0.717, 1.165) is 0 Å². The zero-order valence-corrected chi connectivity index (χ0v) is 39.7. The number of carbonyl (C=O) groups is 2. The second kappa shape index (κ2) is 23.6. The Labute approximate surface area is 444 Å². The molecule has 46 heteroatoms. The fourth-order valence-electron chi connectivity index (χ4n) is 5.98. The summed E-state index contributed by atoms with van der Waals surface area (Å²) in [6, 6.07) is 1.72. The minimum absolute atomic E-state index is 0.146. The summed E-state index contributed by atoms with van der Waals surface area (Å²) in [6.07, 6.45) is -22.9. The summed E-state index contributed by atoms with van der Waals surface area (Å²) in [7, 11) is 0. The number of hydrogen-bond acceptors (Lipinski definition) is 10. The highest BCUT2D eigenvalue weighted by atomic mass is 19.4. The Morgan fingerprint density at radius 2 is 0.576 bits per heavy atom. The number of nitro benzene ring substituents is 2. The predicted molar refractivity (Wildman–Crippen MR) is 202 cm³/mol. The molecule has 0 bridgehead atoms. The maximum absolute atomic E-state index is 14.3. The van der Waals surface area contributed by atoms with E-state index in [2.05, 4.69) is 9.47 Å². The monoisotopic (exact) mass is 1330 g/mol. The zero-order chi connectivity index (χ0) is 67.2. The van der Waals surface area contributed by atoms with Gasteiger partial charge in [-0.3, -0.25) is 20.2 Å². The number of rotatable bonds is 30. The van der Waals surface area contributed by atoms with Crippen molar-refractivity contribution in [1.29, 1.82) is 0 Å². The van der Waals surface area contributed by atoms with Gasteiger partial charge in [0.1, 0.15) is 0 Å². The van der Waals surface area contributed by atoms with Gasteiger partial charge in [-0.1, -0.05) is 0 Å². The molecule has 12 nitrogen and oxygen atoms in total. The normalized spacial score (nSPS) is 14.7. The number of benzene rings is 2. The molecule has 0 aromatic heterocycles. The van der Waals surface area contributed by atoms with E-state index in [1.165, 1.54) is 0 Å². The number of nitrogens with zero attached hydrogens (tertiary/aromatic N) is 2. The molecule has 0 radical (unpaired) electrons.